The average Bonchev–Trinajstić information content (AvgIpc) is 2.71. The van der Waals surface area contributed by atoms with Crippen molar-refractivity contribution in [2.75, 3.05) is 5.32 Å². The highest BCUT2D eigenvalue weighted by molar-refractivity contribution is 7.16. The summed E-state index contributed by atoms with van der Waals surface area (Å²) in [7, 11) is 0. The van der Waals surface area contributed by atoms with Crippen LogP contribution < -0.4 is 5.32 Å². The number of fused-ring (bicyclic) bond motifs is 1. The molecular weight excluding hydrogens is 316 g/mol. The van der Waals surface area contributed by atoms with Gasteiger partial charge in [0.15, 0.2) is 0 Å². The van der Waals surface area contributed by atoms with Crippen LogP contribution in [0.1, 0.15) is 52.0 Å². The van der Waals surface area contributed by atoms with E-state index < -0.39 is 0 Å². The van der Waals surface area contributed by atoms with E-state index in [2.05, 4.69) is 23.5 Å². The fourth-order valence-corrected chi connectivity index (χ4v) is 4.54. The van der Waals surface area contributed by atoms with Crippen molar-refractivity contribution in [2.45, 2.75) is 52.4 Å². The van der Waals surface area contributed by atoms with Gasteiger partial charge in [0.25, 0.3) is 0 Å². The molecule has 0 unspecified atom stereocenters. The second-order valence-corrected chi connectivity index (χ2v) is 7.64. The van der Waals surface area contributed by atoms with Crippen molar-refractivity contribution in [2.24, 2.45) is 0 Å². The Balaban J connectivity index is 1.80. The zero-order valence-corrected chi connectivity index (χ0v) is 15.1. The summed E-state index contributed by atoms with van der Waals surface area (Å²) in [6, 6.07) is 8.48. The van der Waals surface area contributed by atoms with Crippen molar-refractivity contribution in [3.05, 3.63) is 50.9 Å². The van der Waals surface area contributed by atoms with Crippen molar-refractivity contribution in [3.63, 3.8) is 0 Å². The average molecular weight is 338 g/mol. The van der Waals surface area contributed by atoms with E-state index in [1.807, 2.05) is 19.9 Å². The van der Waals surface area contributed by atoms with E-state index in [-0.39, 0.29) is 5.91 Å². The molecule has 4 heteroatoms. The van der Waals surface area contributed by atoms with Gasteiger partial charge in [0.1, 0.15) is 11.1 Å². The summed E-state index contributed by atoms with van der Waals surface area (Å²) in [5, 5.41) is 13.3. The van der Waals surface area contributed by atoms with Gasteiger partial charge in [0.2, 0.25) is 5.91 Å². The molecule has 2 aromatic rings. The molecule has 1 heterocycles. The molecule has 0 bridgehead atoms. The predicted molar refractivity (Wildman–Crippen MR) is 98.5 cm³/mol. The number of anilines is 1. The maximum absolute atomic E-state index is 12.5. The van der Waals surface area contributed by atoms with Gasteiger partial charge < -0.3 is 5.32 Å². The molecule has 0 radical (unpaired) electrons. The fourth-order valence-electron chi connectivity index (χ4n) is 3.28. The van der Waals surface area contributed by atoms with E-state index in [0.717, 1.165) is 41.0 Å². The van der Waals surface area contributed by atoms with Crippen LogP contribution >= 0.6 is 11.3 Å². The maximum Gasteiger partial charge on any atom is 0.229 e. The third-order valence-electron chi connectivity index (χ3n) is 4.64. The van der Waals surface area contributed by atoms with Crippen molar-refractivity contribution >= 4 is 22.2 Å². The molecule has 3 nitrogen and oxygen atoms in total. The maximum atomic E-state index is 12.5. The first-order chi connectivity index (χ1) is 11.6. The van der Waals surface area contributed by atoms with Crippen LogP contribution in [0.25, 0.3) is 0 Å². The number of nitrogens with zero attached hydrogens (tertiary/aromatic N) is 1. The highest BCUT2D eigenvalue weighted by Gasteiger charge is 2.21. The predicted octanol–water partition coefficient (Wildman–Crippen LogP) is 4.69. The number of carbonyl (C=O) groups is 1. The third-order valence-corrected chi connectivity index (χ3v) is 5.85. The summed E-state index contributed by atoms with van der Waals surface area (Å²) < 4.78 is 0. The summed E-state index contributed by atoms with van der Waals surface area (Å²) >= 11 is 1.59. The summed E-state index contributed by atoms with van der Waals surface area (Å²) in [6.45, 7) is 4.06. The number of amides is 1. The fraction of sp³-hybridized carbons (Fsp3) is 0.400. The SMILES string of the molecule is Cc1ccc(C)c(CC(=O)Nc2sc3c(c2C#N)CCCCC3)c1. The van der Waals surface area contributed by atoms with Crippen LogP contribution in [0.15, 0.2) is 18.2 Å². The van der Waals surface area contributed by atoms with E-state index in [4.69, 9.17) is 0 Å². The van der Waals surface area contributed by atoms with Gasteiger partial charge in [0.05, 0.1) is 12.0 Å². The molecule has 3 rings (SSSR count). The minimum absolute atomic E-state index is 0.0448. The number of thiophene rings is 1. The molecule has 1 aliphatic rings. The summed E-state index contributed by atoms with van der Waals surface area (Å²) in [5.41, 5.74) is 5.18. The monoisotopic (exact) mass is 338 g/mol. The molecule has 1 N–H and O–H groups in total. The molecular formula is C20H22N2OS. The minimum atomic E-state index is -0.0448. The minimum Gasteiger partial charge on any atom is -0.316 e. The Bertz CT molecular complexity index is 814. The number of hydrogen-bond acceptors (Lipinski definition) is 3. The molecule has 0 saturated heterocycles. The first-order valence-corrected chi connectivity index (χ1v) is 9.30. The molecule has 0 aliphatic heterocycles. The zero-order chi connectivity index (χ0) is 17.1. The lowest BCUT2D eigenvalue weighted by Gasteiger charge is -2.08. The van der Waals surface area contributed by atoms with Crippen LogP contribution in [0.4, 0.5) is 5.00 Å². The number of nitrogens with one attached hydrogen (secondary N) is 1. The normalized spacial score (nSPS) is 13.7. The molecule has 124 valence electrons. The Labute approximate surface area is 147 Å². The molecule has 24 heavy (non-hydrogen) atoms. The van der Waals surface area contributed by atoms with Crippen molar-refractivity contribution < 1.29 is 4.79 Å². The smallest absolute Gasteiger partial charge is 0.229 e. The second-order valence-electron chi connectivity index (χ2n) is 6.54. The number of aryl methyl sites for hydroxylation is 3. The number of carbonyl (C=O) groups excluding carboxylic acids is 1. The van der Waals surface area contributed by atoms with Gasteiger partial charge in [0, 0.05) is 4.88 Å². The van der Waals surface area contributed by atoms with Gasteiger partial charge >= 0.3 is 0 Å². The Hall–Kier alpha value is -2.12. The molecule has 0 fully saturated rings. The van der Waals surface area contributed by atoms with Gasteiger partial charge in [-0.05, 0) is 56.2 Å². The molecule has 1 aromatic carbocycles. The van der Waals surface area contributed by atoms with Crippen LogP contribution in [-0.4, -0.2) is 5.91 Å². The second kappa shape index (κ2) is 7.19. The quantitative estimate of drug-likeness (QED) is 0.826. The van der Waals surface area contributed by atoms with Crippen LogP contribution in [-0.2, 0) is 24.1 Å². The van der Waals surface area contributed by atoms with E-state index in [0.29, 0.717) is 12.0 Å². The Kier molecular flexibility index (Phi) is 5.01. The summed E-state index contributed by atoms with van der Waals surface area (Å²) in [4.78, 5) is 13.8. The Morgan fingerprint density at radius 2 is 2.04 bits per heavy atom. The van der Waals surface area contributed by atoms with Crippen LogP contribution in [0.5, 0.6) is 0 Å². The topological polar surface area (TPSA) is 52.9 Å². The van der Waals surface area contributed by atoms with Crippen molar-refractivity contribution in [3.8, 4) is 6.07 Å². The van der Waals surface area contributed by atoms with E-state index in [1.54, 1.807) is 11.3 Å². The van der Waals surface area contributed by atoms with Gasteiger partial charge in [-0.15, -0.1) is 11.3 Å². The molecule has 0 atom stereocenters. The molecule has 0 spiro atoms. The van der Waals surface area contributed by atoms with Gasteiger partial charge in [-0.3, -0.25) is 4.79 Å². The van der Waals surface area contributed by atoms with Crippen molar-refractivity contribution in [1.82, 2.24) is 0 Å². The van der Waals surface area contributed by atoms with E-state index >= 15 is 0 Å². The number of hydrogen-bond donors (Lipinski definition) is 1. The van der Waals surface area contributed by atoms with Crippen LogP contribution in [0.3, 0.4) is 0 Å². The zero-order valence-electron chi connectivity index (χ0n) is 14.2. The Morgan fingerprint density at radius 1 is 1.25 bits per heavy atom. The van der Waals surface area contributed by atoms with Crippen LogP contribution in [0, 0.1) is 25.2 Å². The first kappa shape index (κ1) is 16.7. The largest absolute Gasteiger partial charge is 0.316 e. The lowest BCUT2D eigenvalue weighted by molar-refractivity contribution is -0.115. The van der Waals surface area contributed by atoms with E-state index in [1.165, 1.54) is 23.3 Å². The van der Waals surface area contributed by atoms with E-state index in [9.17, 15) is 10.1 Å². The number of rotatable bonds is 3. The molecule has 1 aromatic heterocycles. The standard InChI is InChI=1S/C20H22N2OS/c1-13-8-9-14(2)15(10-13)11-19(23)22-20-17(12-21)16-6-4-3-5-7-18(16)24-20/h8-10H,3-7,11H2,1-2H3,(H,22,23). The molecule has 0 saturated carbocycles. The lowest BCUT2D eigenvalue weighted by Crippen LogP contribution is -2.15. The van der Waals surface area contributed by atoms with Crippen LogP contribution in [0.2, 0.25) is 0 Å². The Morgan fingerprint density at radius 3 is 2.83 bits per heavy atom. The highest BCUT2D eigenvalue weighted by Crippen LogP contribution is 2.37. The van der Waals surface area contributed by atoms with Crippen molar-refractivity contribution in [1.29, 1.82) is 5.26 Å². The van der Waals surface area contributed by atoms with Gasteiger partial charge in [-0.1, -0.05) is 30.2 Å². The summed E-state index contributed by atoms with van der Waals surface area (Å²) in [5.74, 6) is -0.0448. The number of nitriles is 1. The highest BCUT2D eigenvalue weighted by atomic mass is 32.1. The number of benzene rings is 1. The summed E-state index contributed by atoms with van der Waals surface area (Å²) in [6.07, 6.45) is 5.87. The van der Waals surface area contributed by atoms with Gasteiger partial charge in [-0.25, -0.2) is 0 Å². The molecule has 1 aliphatic carbocycles. The van der Waals surface area contributed by atoms with Gasteiger partial charge in [-0.2, -0.15) is 5.26 Å². The molecule has 1 amide bonds. The third kappa shape index (κ3) is 3.52. The lowest BCUT2D eigenvalue weighted by atomic mass is 10.0. The first-order valence-electron chi connectivity index (χ1n) is 8.49.